The van der Waals surface area contributed by atoms with E-state index in [1.54, 1.807) is 19.0 Å². The van der Waals surface area contributed by atoms with Crippen molar-refractivity contribution in [1.29, 1.82) is 0 Å². The zero-order valence-electron chi connectivity index (χ0n) is 8.95. The van der Waals surface area contributed by atoms with Crippen LogP contribution >= 0.6 is 0 Å². The van der Waals surface area contributed by atoms with Crippen molar-refractivity contribution in [3.05, 3.63) is 36.0 Å². The van der Waals surface area contributed by atoms with Crippen molar-refractivity contribution in [2.45, 2.75) is 6.42 Å². The van der Waals surface area contributed by atoms with Gasteiger partial charge >= 0.3 is 0 Å². The molecule has 1 N–H and O–H groups in total. The number of carbonyl (C=O) groups excluding carboxylic acids is 1. The van der Waals surface area contributed by atoms with E-state index in [0.29, 0.717) is 6.42 Å². The van der Waals surface area contributed by atoms with Crippen molar-refractivity contribution >= 4 is 16.8 Å². The average molecular weight is 202 g/mol. The Hall–Kier alpha value is -1.77. The quantitative estimate of drug-likeness (QED) is 0.792. The summed E-state index contributed by atoms with van der Waals surface area (Å²) < 4.78 is 0. The summed E-state index contributed by atoms with van der Waals surface area (Å²) in [5.74, 6) is 0.126. The highest BCUT2D eigenvalue weighted by molar-refractivity contribution is 5.83. The van der Waals surface area contributed by atoms with Crippen LogP contribution in [0.5, 0.6) is 0 Å². The molecule has 3 heteroatoms. The van der Waals surface area contributed by atoms with Gasteiger partial charge in [0.15, 0.2) is 0 Å². The van der Waals surface area contributed by atoms with E-state index in [1.165, 1.54) is 5.39 Å². The molecule has 1 amide bonds. The first-order chi connectivity index (χ1) is 7.16. The topological polar surface area (TPSA) is 36.1 Å². The molecule has 1 heterocycles. The lowest BCUT2D eigenvalue weighted by molar-refractivity contribution is -0.127. The molecule has 0 saturated carbocycles. The molecule has 0 bridgehead atoms. The predicted octanol–water partition coefficient (Wildman–Crippen LogP) is 1.80. The van der Waals surface area contributed by atoms with Crippen molar-refractivity contribution in [2.75, 3.05) is 14.1 Å². The highest BCUT2D eigenvalue weighted by Gasteiger charge is 2.05. The van der Waals surface area contributed by atoms with E-state index in [1.807, 2.05) is 30.5 Å². The Kier molecular flexibility index (Phi) is 2.46. The van der Waals surface area contributed by atoms with Crippen LogP contribution in [0.25, 0.3) is 10.9 Å². The number of benzene rings is 1. The standard InChI is InChI=1S/C12H14N2O/c1-14(2)12(15)8-9-3-4-10-5-6-13-11(10)7-9/h3-7,13H,8H2,1-2H3. The molecule has 0 fully saturated rings. The van der Waals surface area contributed by atoms with Crippen LogP contribution in [0.15, 0.2) is 30.5 Å². The van der Waals surface area contributed by atoms with E-state index in [-0.39, 0.29) is 5.91 Å². The summed E-state index contributed by atoms with van der Waals surface area (Å²) in [5.41, 5.74) is 2.13. The zero-order chi connectivity index (χ0) is 10.8. The van der Waals surface area contributed by atoms with Gasteiger partial charge in [0.2, 0.25) is 5.91 Å². The minimum atomic E-state index is 0.126. The third-order valence-electron chi connectivity index (χ3n) is 2.47. The Morgan fingerprint density at radius 3 is 2.87 bits per heavy atom. The first-order valence-electron chi connectivity index (χ1n) is 4.93. The molecule has 0 radical (unpaired) electrons. The fourth-order valence-electron chi connectivity index (χ4n) is 1.54. The minimum Gasteiger partial charge on any atom is -0.361 e. The van der Waals surface area contributed by atoms with Gasteiger partial charge in [-0.3, -0.25) is 4.79 Å². The van der Waals surface area contributed by atoms with Gasteiger partial charge in [0.25, 0.3) is 0 Å². The SMILES string of the molecule is CN(C)C(=O)Cc1ccc2cc[nH]c2c1. The fraction of sp³-hybridized carbons (Fsp3) is 0.250. The second-order valence-corrected chi connectivity index (χ2v) is 3.86. The molecule has 15 heavy (non-hydrogen) atoms. The van der Waals surface area contributed by atoms with E-state index < -0.39 is 0 Å². The summed E-state index contributed by atoms with van der Waals surface area (Å²) in [6.45, 7) is 0. The summed E-state index contributed by atoms with van der Waals surface area (Å²) >= 11 is 0. The summed E-state index contributed by atoms with van der Waals surface area (Å²) in [6.07, 6.45) is 2.37. The van der Waals surface area contributed by atoms with Crippen molar-refractivity contribution in [3.63, 3.8) is 0 Å². The third-order valence-corrected chi connectivity index (χ3v) is 2.47. The first kappa shape index (κ1) is 9.77. The van der Waals surface area contributed by atoms with Crippen LogP contribution in [-0.4, -0.2) is 29.9 Å². The van der Waals surface area contributed by atoms with E-state index in [2.05, 4.69) is 4.98 Å². The third kappa shape index (κ3) is 2.01. The second kappa shape index (κ2) is 3.77. The molecule has 2 aromatic rings. The number of hydrogen-bond acceptors (Lipinski definition) is 1. The lowest BCUT2D eigenvalue weighted by Gasteiger charge is -2.09. The van der Waals surface area contributed by atoms with Crippen LogP contribution in [-0.2, 0) is 11.2 Å². The van der Waals surface area contributed by atoms with E-state index in [9.17, 15) is 4.79 Å². The molecule has 0 atom stereocenters. The van der Waals surface area contributed by atoms with Gasteiger partial charge in [0.05, 0.1) is 6.42 Å². The van der Waals surface area contributed by atoms with Crippen molar-refractivity contribution in [1.82, 2.24) is 9.88 Å². The van der Waals surface area contributed by atoms with Crippen LogP contribution in [0.3, 0.4) is 0 Å². The van der Waals surface area contributed by atoms with Gasteiger partial charge in [-0.1, -0.05) is 12.1 Å². The Bertz CT molecular complexity index is 485. The van der Waals surface area contributed by atoms with E-state index in [0.717, 1.165) is 11.1 Å². The van der Waals surface area contributed by atoms with Gasteiger partial charge in [-0.25, -0.2) is 0 Å². The summed E-state index contributed by atoms with van der Waals surface area (Å²) in [5, 5.41) is 1.18. The number of likely N-dealkylation sites (N-methyl/N-ethyl adjacent to an activating group) is 1. The molecule has 0 aliphatic carbocycles. The van der Waals surface area contributed by atoms with Gasteiger partial charge < -0.3 is 9.88 Å². The fourth-order valence-corrected chi connectivity index (χ4v) is 1.54. The number of amides is 1. The number of hydrogen-bond donors (Lipinski definition) is 1. The predicted molar refractivity (Wildman–Crippen MR) is 60.7 cm³/mol. The van der Waals surface area contributed by atoms with Gasteiger partial charge in [0, 0.05) is 25.8 Å². The number of aromatic nitrogens is 1. The summed E-state index contributed by atoms with van der Waals surface area (Å²) in [7, 11) is 3.55. The molecule has 3 nitrogen and oxygen atoms in total. The molecule has 0 spiro atoms. The number of rotatable bonds is 2. The van der Waals surface area contributed by atoms with Gasteiger partial charge in [-0.05, 0) is 23.1 Å². The van der Waals surface area contributed by atoms with Crippen LogP contribution in [0.4, 0.5) is 0 Å². The Morgan fingerprint density at radius 1 is 1.33 bits per heavy atom. The molecular formula is C12H14N2O. The molecule has 78 valence electrons. The number of H-pyrrole nitrogens is 1. The Balaban J connectivity index is 2.25. The number of nitrogens with one attached hydrogen (secondary N) is 1. The van der Waals surface area contributed by atoms with Crippen molar-refractivity contribution in [3.8, 4) is 0 Å². The normalized spacial score (nSPS) is 10.5. The smallest absolute Gasteiger partial charge is 0.226 e. The van der Waals surface area contributed by atoms with Gasteiger partial charge in [-0.2, -0.15) is 0 Å². The maximum atomic E-state index is 11.5. The molecule has 1 aromatic carbocycles. The summed E-state index contributed by atoms with van der Waals surface area (Å²) in [4.78, 5) is 16.2. The molecule has 2 rings (SSSR count). The zero-order valence-corrected chi connectivity index (χ0v) is 8.95. The highest BCUT2D eigenvalue weighted by Crippen LogP contribution is 2.14. The Morgan fingerprint density at radius 2 is 2.13 bits per heavy atom. The maximum absolute atomic E-state index is 11.5. The molecule has 0 aliphatic heterocycles. The number of carbonyl (C=O) groups is 1. The van der Waals surface area contributed by atoms with E-state index >= 15 is 0 Å². The van der Waals surface area contributed by atoms with Crippen LogP contribution in [0.1, 0.15) is 5.56 Å². The molecular weight excluding hydrogens is 188 g/mol. The summed E-state index contributed by atoms with van der Waals surface area (Å²) in [6, 6.07) is 8.07. The van der Waals surface area contributed by atoms with Crippen LogP contribution in [0, 0.1) is 0 Å². The molecule has 1 aromatic heterocycles. The van der Waals surface area contributed by atoms with Gasteiger partial charge in [0.1, 0.15) is 0 Å². The van der Waals surface area contributed by atoms with Gasteiger partial charge in [-0.15, -0.1) is 0 Å². The number of fused-ring (bicyclic) bond motifs is 1. The van der Waals surface area contributed by atoms with Crippen LogP contribution in [0.2, 0.25) is 0 Å². The lowest BCUT2D eigenvalue weighted by Crippen LogP contribution is -2.23. The molecule has 0 aliphatic rings. The average Bonchev–Trinajstić information content (AvgIpc) is 2.64. The van der Waals surface area contributed by atoms with Crippen molar-refractivity contribution < 1.29 is 4.79 Å². The number of nitrogens with zero attached hydrogens (tertiary/aromatic N) is 1. The first-order valence-corrected chi connectivity index (χ1v) is 4.93. The largest absolute Gasteiger partial charge is 0.361 e. The molecule has 0 unspecified atom stereocenters. The second-order valence-electron chi connectivity index (χ2n) is 3.86. The lowest BCUT2D eigenvalue weighted by atomic mass is 10.1. The number of aromatic amines is 1. The highest BCUT2D eigenvalue weighted by atomic mass is 16.2. The van der Waals surface area contributed by atoms with E-state index in [4.69, 9.17) is 0 Å². The van der Waals surface area contributed by atoms with Crippen molar-refractivity contribution in [2.24, 2.45) is 0 Å². The minimum absolute atomic E-state index is 0.126. The maximum Gasteiger partial charge on any atom is 0.226 e. The monoisotopic (exact) mass is 202 g/mol. The van der Waals surface area contributed by atoms with Crippen LogP contribution < -0.4 is 0 Å². The Labute approximate surface area is 88.7 Å². The molecule has 0 saturated heterocycles.